The third-order valence-corrected chi connectivity index (χ3v) is 6.13. The van der Waals surface area contributed by atoms with Crippen molar-refractivity contribution in [1.82, 2.24) is 0 Å². The third-order valence-electron chi connectivity index (χ3n) is 6.13. The van der Waals surface area contributed by atoms with Crippen LogP contribution in [0.5, 0.6) is 0 Å². The van der Waals surface area contributed by atoms with Crippen molar-refractivity contribution < 1.29 is 9.47 Å². The van der Waals surface area contributed by atoms with Gasteiger partial charge >= 0.3 is 0 Å². The van der Waals surface area contributed by atoms with Crippen molar-refractivity contribution in [2.45, 2.75) is 79.1 Å². The molecule has 0 aromatic heterocycles. The van der Waals surface area contributed by atoms with Crippen LogP contribution >= 0.6 is 0 Å². The zero-order chi connectivity index (χ0) is 23.2. The number of anilines is 2. The van der Waals surface area contributed by atoms with Crippen molar-refractivity contribution in [2.24, 2.45) is 11.8 Å². The summed E-state index contributed by atoms with van der Waals surface area (Å²) < 4.78 is 12.1. The minimum absolute atomic E-state index is 0.549. The summed E-state index contributed by atoms with van der Waals surface area (Å²) in [6.45, 7) is 18.5. The second-order valence-electron chi connectivity index (χ2n) is 8.54. The monoisotopic (exact) mass is 430 g/mol. The average molecular weight is 431 g/mol. The van der Waals surface area contributed by atoms with Crippen molar-refractivity contribution in [1.29, 1.82) is 0 Å². The van der Waals surface area contributed by atoms with Crippen LogP contribution in [0.2, 0.25) is 0 Å². The fourth-order valence-corrected chi connectivity index (χ4v) is 3.68. The summed E-state index contributed by atoms with van der Waals surface area (Å²) in [7, 11) is 1.89. The SMILES string of the molecule is C=C(OCC(CC)CCCC)c1cc(NC)c(C(=C)OCC(CC)CCCC)cc1N. The van der Waals surface area contributed by atoms with Gasteiger partial charge in [0.1, 0.15) is 11.5 Å². The standard InChI is InChI=1S/C27H46N2O2/c1-8-12-14-22(10-3)18-30-20(5)24-17-27(29-7)25(16-26(24)28)21(6)31-19-23(11-4)15-13-9-2/h16-17,22-23,29H,5-6,8-15,18-19,28H2,1-4,7H3. The number of rotatable bonds is 17. The number of hydrogen-bond acceptors (Lipinski definition) is 4. The summed E-state index contributed by atoms with van der Waals surface area (Å²) >= 11 is 0. The van der Waals surface area contributed by atoms with Gasteiger partial charge in [0, 0.05) is 29.5 Å². The maximum atomic E-state index is 6.39. The van der Waals surface area contributed by atoms with Crippen molar-refractivity contribution in [3.8, 4) is 0 Å². The number of nitrogens with two attached hydrogens (primary N) is 1. The van der Waals surface area contributed by atoms with Crippen LogP contribution in [0.25, 0.3) is 11.5 Å². The molecule has 0 saturated heterocycles. The highest BCUT2D eigenvalue weighted by Crippen LogP contribution is 2.33. The molecule has 0 saturated carbocycles. The van der Waals surface area contributed by atoms with Gasteiger partial charge in [-0.05, 0) is 36.8 Å². The molecule has 4 heteroatoms. The Balaban J connectivity index is 2.85. The molecule has 2 atom stereocenters. The first-order chi connectivity index (χ1) is 14.9. The van der Waals surface area contributed by atoms with Crippen LogP contribution in [-0.4, -0.2) is 20.3 Å². The van der Waals surface area contributed by atoms with Crippen molar-refractivity contribution in [3.05, 3.63) is 36.4 Å². The predicted octanol–water partition coefficient (Wildman–Crippen LogP) is 7.72. The summed E-state index contributed by atoms with van der Waals surface area (Å²) in [5, 5.41) is 3.25. The normalized spacial score (nSPS) is 12.8. The van der Waals surface area contributed by atoms with E-state index in [-0.39, 0.29) is 0 Å². The number of ether oxygens (including phenoxy) is 2. The Morgan fingerprint density at radius 3 is 1.77 bits per heavy atom. The first-order valence-corrected chi connectivity index (χ1v) is 12.2. The lowest BCUT2D eigenvalue weighted by Crippen LogP contribution is -2.10. The van der Waals surface area contributed by atoms with E-state index in [1.165, 1.54) is 38.5 Å². The maximum Gasteiger partial charge on any atom is 0.121 e. The van der Waals surface area contributed by atoms with Crippen LogP contribution in [0.15, 0.2) is 25.3 Å². The summed E-state index contributed by atoms with van der Waals surface area (Å²) in [5.41, 5.74) is 9.63. The zero-order valence-electron chi connectivity index (χ0n) is 20.7. The maximum absolute atomic E-state index is 6.39. The van der Waals surface area contributed by atoms with Crippen LogP contribution in [0, 0.1) is 11.8 Å². The van der Waals surface area contributed by atoms with Gasteiger partial charge < -0.3 is 20.5 Å². The van der Waals surface area contributed by atoms with E-state index in [0.29, 0.717) is 42.3 Å². The van der Waals surface area contributed by atoms with Crippen molar-refractivity contribution in [2.75, 3.05) is 31.3 Å². The highest BCUT2D eigenvalue weighted by molar-refractivity contribution is 5.82. The Kier molecular flexibility index (Phi) is 12.9. The van der Waals surface area contributed by atoms with Crippen molar-refractivity contribution in [3.63, 3.8) is 0 Å². The molecule has 1 aromatic carbocycles. The van der Waals surface area contributed by atoms with E-state index >= 15 is 0 Å². The van der Waals surface area contributed by atoms with Crippen LogP contribution in [0.4, 0.5) is 11.4 Å². The van der Waals surface area contributed by atoms with E-state index in [1.54, 1.807) is 0 Å². The van der Waals surface area contributed by atoms with Crippen molar-refractivity contribution >= 4 is 22.9 Å². The Morgan fingerprint density at radius 1 is 0.871 bits per heavy atom. The van der Waals surface area contributed by atoms with E-state index in [2.05, 4.69) is 46.2 Å². The number of hydrogen-bond donors (Lipinski definition) is 2. The molecule has 2 unspecified atom stereocenters. The smallest absolute Gasteiger partial charge is 0.121 e. The molecule has 0 fully saturated rings. The Morgan fingerprint density at radius 2 is 1.35 bits per heavy atom. The molecule has 0 bridgehead atoms. The fraction of sp³-hybridized carbons (Fsp3) is 0.630. The first-order valence-electron chi connectivity index (χ1n) is 12.2. The molecule has 0 aliphatic carbocycles. The van der Waals surface area contributed by atoms with Gasteiger partial charge in [-0.1, -0.05) is 79.4 Å². The lowest BCUT2D eigenvalue weighted by Gasteiger charge is -2.21. The van der Waals surface area contributed by atoms with E-state index in [1.807, 2.05) is 19.2 Å². The molecule has 176 valence electrons. The van der Waals surface area contributed by atoms with Gasteiger partial charge in [-0.2, -0.15) is 0 Å². The molecule has 3 N–H and O–H groups in total. The van der Waals surface area contributed by atoms with E-state index < -0.39 is 0 Å². The van der Waals surface area contributed by atoms with Crippen LogP contribution in [0.3, 0.4) is 0 Å². The van der Waals surface area contributed by atoms with Crippen LogP contribution in [0.1, 0.15) is 90.2 Å². The fourth-order valence-electron chi connectivity index (χ4n) is 3.68. The molecule has 0 radical (unpaired) electrons. The highest BCUT2D eigenvalue weighted by Gasteiger charge is 2.16. The molecule has 0 heterocycles. The predicted molar refractivity (Wildman–Crippen MR) is 137 cm³/mol. The number of unbranched alkanes of at least 4 members (excludes halogenated alkanes) is 2. The second-order valence-corrected chi connectivity index (χ2v) is 8.54. The van der Waals surface area contributed by atoms with Crippen LogP contribution in [-0.2, 0) is 9.47 Å². The molecule has 0 spiro atoms. The summed E-state index contributed by atoms with van der Waals surface area (Å²) in [6.07, 6.45) is 9.48. The van der Waals surface area contributed by atoms with Gasteiger partial charge in [0.2, 0.25) is 0 Å². The number of nitrogen functional groups attached to an aromatic ring is 1. The molecule has 31 heavy (non-hydrogen) atoms. The molecule has 0 aliphatic rings. The number of benzene rings is 1. The Bertz CT molecular complexity index is 684. The molecular formula is C27H46N2O2. The third kappa shape index (κ3) is 8.88. The van der Waals surface area contributed by atoms with E-state index in [4.69, 9.17) is 15.2 Å². The summed E-state index contributed by atoms with van der Waals surface area (Å²) in [5.74, 6) is 2.37. The average Bonchev–Trinajstić information content (AvgIpc) is 2.78. The second kappa shape index (κ2) is 14.8. The summed E-state index contributed by atoms with van der Waals surface area (Å²) in [4.78, 5) is 0. The van der Waals surface area contributed by atoms with E-state index in [9.17, 15) is 0 Å². The lowest BCUT2D eigenvalue weighted by molar-refractivity contribution is 0.203. The Hall–Kier alpha value is -2.10. The molecular weight excluding hydrogens is 384 g/mol. The molecule has 0 amide bonds. The minimum Gasteiger partial charge on any atom is -0.493 e. The highest BCUT2D eigenvalue weighted by atomic mass is 16.5. The molecule has 1 aromatic rings. The van der Waals surface area contributed by atoms with Gasteiger partial charge in [0.15, 0.2) is 0 Å². The quantitative estimate of drug-likeness (QED) is 0.196. The van der Waals surface area contributed by atoms with Crippen LogP contribution < -0.4 is 11.1 Å². The van der Waals surface area contributed by atoms with E-state index in [0.717, 1.165) is 29.7 Å². The van der Waals surface area contributed by atoms with Gasteiger partial charge in [0.05, 0.1) is 13.2 Å². The Labute approximate surface area is 191 Å². The first kappa shape index (κ1) is 26.9. The number of nitrogens with one attached hydrogen (secondary N) is 1. The molecule has 4 nitrogen and oxygen atoms in total. The summed E-state index contributed by atoms with van der Waals surface area (Å²) in [6, 6.07) is 3.91. The topological polar surface area (TPSA) is 56.5 Å². The van der Waals surface area contributed by atoms with Gasteiger partial charge in [-0.3, -0.25) is 0 Å². The zero-order valence-corrected chi connectivity index (χ0v) is 20.7. The van der Waals surface area contributed by atoms with Gasteiger partial charge in [-0.25, -0.2) is 0 Å². The lowest BCUT2D eigenvalue weighted by atomic mass is 10.00. The largest absolute Gasteiger partial charge is 0.493 e. The molecule has 1 rings (SSSR count). The van der Waals surface area contributed by atoms with Gasteiger partial charge in [-0.15, -0.1) is 0 Å². The minimum atomic E-state index is 0.549. The molecule has 0 aliphatic heterocycles. The van der Waals surface area contributed by atoms with Gasteiger partial charge in [0.25, 0.3) is 0 Å².